The molecule has 0 aliphatic carbocycles. The summed E-state index contributed by atoms with van der Waals surface area (Å²) in [5, 5.41) is 3.06. The Balaban J connectivity index is 2.05. The molecular formula is C10H16N2O3S. The minimum Gasteiger partial charge on any atom is -0.379 e. The molecule has 1 heterocycles. The van der Waals surface area contributed by atoms with Crippen molar-refractivity contribution >= 4 is 15.7 Å². The Morgan fingerprint density at radius 1 is 1.38 bits per heavy atom. The number of ether oxygens (including phenoxy) is 1. The molecule has 5 nitrogen and oxygen atoms in total. The maximum atomic E-state index is 10.8. The minimum atomic E-state index is -2.92. The number of sulfone groups is 1. The molecule has 0 unspecified atom stereocenters. The Labute approximate surface area is 95.8 Å². The number of hydrogen-bond acceptors (Lipinski definition) is 5. The largest absolute Gasteiger partial charge is 0.379 e. The molecule has 0 saturated carbocycles. The van der Waals surface area contributed by atoms with Gasteiger partial charge >= 0.3 is 0 Å². The van der Waals surface area contributed by atoms with Crippen LogP contribution in [0.2, 0.25) is 0 Å². The number of nitrogens with one attached hydrogen (secondary N) is 1. The summed E-state index contributed by atoms with van der Waals surface area (Å²) in [5.74, 6) is 0.852. The van der Waals surface area contributed by atoms with E-state index in [9.17, 15) is 8.42 Å². The fourth-order valence-electron chi connectivity index (χ4n) is 1.03. The second-order valence-electron chi connectivity index (χ2n) is 3.38. The molecule has 16 heavy (non-hydrogen) atoms. The fraction of sp³-hybridized carbons (Fsp3) is 0.500. The first-order valence-corrected chi connectivity index (χ1v) is 7.04. The van der Waals surface area contributed by atoms with E-state index < -0.39 is 9.84 Å². The van der Waals surface area contributed by atoms with Gasteiger partial charge in [0.1, 0.15) is 15.7 Å². The Morgan fingerprint density at radius 3 is 2.81 bits per heavy atom. The quantitative estimate of drug-likeness (QED) is 0.710. The number of aromatic nitrogens is 1. The summed E-state index contributed by atoms with van der Waals surface area (Å²) in [6, 6.07) is 5.59. The van der Waals surface area contributed by atoms with E-state index in [1.165, 1.54) is 6.26 Å². The lowest BCUT2D eigenvalue weighted by atomic mass is 10.4. The zero-order valence-corrected chi connectivity index (χ0v) is 10.0. The Kier molecular flexibility index (Phi) is 5.21. The van der Waals surface area contributed by atoms with Gasteiger partial charge in [-0.2, -0.15) is 0 Å². The summed E-state index contributed by atoms with van der Waals surface area (Å²) < 4.78 is 26.7. The third-order valence-corrected chi connectivity index (χ3v) is 2.72. The Bertz CT molecular complexity index is 392. The van der Waals surface area contributed by atoms with Gasteiger partial charge in [0, 0.05) is 19.0 Å². The lowest BCUT2D eigenvalue weighted by Crippen LogP contribution is -2.15. The van der Waals surface area contributed by atoms with Crippen molar-refractivity contribution < 1.29 is 13.2 Å². The molecule has 1 N–H and O–H groups in total. The van der Waals surface area contributed by atoms with Crippen molar-refractivity contribution in [2.45, 2.75) is 0 Å². The van der Waals surface area contributed by atoms with Gasteiger partial charge in [0.15, 0.2) is 0 Å². The molecule has 0 radical (unpaired) electrons. The van der Waals surface area contributed by atoms with Crippen LogP contribution in [0, 0.1) is 0 Å². The van der Waals surface area contributed by atoms with E-state index in [-0.39, 0.29) is 12.4 Å². The third kappa shape index (κ3) is 6.36. The van der Waals surface area contributed by atoms with Crippen LogP contribution < -0.4 is 5.32 Å². The van der Waals surface area contributed by atoms with Gasteiger partial charge in [0.2, 0.25) is 0 Å². The normalized spacial score (nSPS) is 11.3. The number of pyridine rings is 1. The highest BCUT2D eigenvalue weighted by molar-refractivity contribution is 7.90. The number of hydrogen-bond donors (Lipinski definition) is 1. The average molecular weight is 244 g/mol. The first-order chi connectivity index (χ1) is 7.58. The number of anilines is 1. The molecule has 0 saturated heterocycles. The van der Waals surface area contributed by atoms with E-state index in [0.29, 0.717) is 13.2 Å². The summed E-state index contributed by atoms with van der Waals surface area (Å²) in [4.78, 5) is 4.07. The van der Waals surface area contributed by atoms with Crippen LogP contribution in [0.1, 0.15) is 0 Å². The van der Waals surface area contributed by atoms with E-state index in [4.69, 9.17) is 4.74 Å². The second-order valence-corrected chi connectivity index (χ2v) is 5.64. The van der Waals surface area contributed by atoms with Crippen molar-refractivity contribution in [3.8, 4) is 0 Å². The van der Waals surface area contributed by atoms with Crippen LogP contribution in [0.5, 0.6) is 0 Å². The van der Waals surface area contributed by atoms with Crippen molar-refractivity contribution in [2.75, 3.05) is 37.1 Å². The molecule has 0 amide bonds. The van der Waals surface area contributed by atoms with Crippen molar-refractivity contribution in [3.05, 3.63) is 24.4 Å². The van der Waals surface area contributed by atoms with Gasteiger partial charge in [-0.15, -0.1) is 0 Å². The van der Waals surface area contributed by atoms with Crippen LogP contribution >= 0.6 is 0 Å². The summed E-state index contributed by atoms with van der Waals surface area (Å²) in [5.41, 5.74) is 0. The van der Waals surface area contributed by atoms with Crippen LogP contribution in [-0.2, 0) is 14.6 Å². The first-order valence-electron chi connectivity index (χ1n) is 4.98. The molecule has 0 bridgehead atoms. The molecule has 0 spiro atoms. The van der Waals surface area contributed by atoms with Crippen LogP contribution in [-0.4, -0.2) is 45.2 Å². The Hall–Kier alpha value is -1.14. The maximum Gasteiger partial charge on any atom is 0.149 e. The van der Waals surface area contributed by atoms with Gasteiger partial charge in [-0.05, 0) is 12.1 Å². The number of nitrogens with zero attached hydrogens (tertiary/aromatic N) is 1. The summed E-state index contributed by atoms with van der Waals surface area (Å²) in [7, 11) is -2.92. The molecule has 0 fully saturated rings. The van der Waals surface area contributed by atoms with Gasteiger partial charge in [-0.25, -0.2) is 13.4 Å². The molecular weight excluding hydrogens is 228 g/mol. The topological polar surface area (TPSA) is 68.3 Å². The summed E-state index contributed by atoms with van der Waals surface area (Å²) in [6.45, 7) is 1.32. The molecule has 0 aromatic carbocycles. The molecule has 90 valence electrons. The third-order valence-electron chi connectivity index (χ3n) is 1.82. The molecule has 0 atom stereocenters. The standard InChI is InChI=1S/C10H16N2O3S/c1-16(13,14)9-8-15-7-6-12-10-4-2-3-5-11-10/h2-5H,6-9H2,1H3,(H,11,12). The number of rotatable bonds is 7. The summed E-state index contributed by atoms with van der Waals surface area (Å²) in [6.07, 6.45) is 2.90. The highest BCUT2D eigenvalue weighted by atomic mass is 32.2. The molecule has 1 rings (SSSR count). The van der Waals surface area contributed by atoms with E-state index in [2.05, 4.69) is 10.3 Å². The average Bonchev–Trinajstić information content (AvgIpc) is 2.23. The second kappa shape index (κ2) is 6.44. The molecule has 0 aliphatic heterocycles. The van der Waals surface area contributed by atoms with Gasteiger partial charge in [0.05, 0.1) is 19.0 Å². The Morgan fingerprint density at radius 2 is 2.19 bits per heavy atom. The predicted octanol–water partition coefficient (Wildman–Crippen LogP) is 0.555. The van der Waals surface area contributed by atoms with Gasteiger partial charge in [-0.1, -0.05) is 6.07 Å². The fourth-order valence-corrected chi connectivity index (χ4v) is 1.45. The van der Waals surface area contributed by atoms with Gasteiger partial charge < -0.3 is 10.1 Å². The van der Waals surface area contributed by atoms with Crippen molar-refractivity contribution in [2.24, 2.45) is 0 Å². The van der Waals surface area contributed by atoms with E-state index in [1.807, 2.05) is 18.2 Å². The summed E-state index contributed by atoms with van der Waals surface area (Å²) >= 11 is 0. The molecule has 6 heteroatoms. The first kappa shape index (κ1) is 12.9. The van der Waals surface area contributed by atoms with Crippen molar-refractivity contribution in [1.29, 1.82) is 0 Å². The maximum absolute atomic E-state index is 10.8. The highest BCUT2D eigenvalue weighted by Crippen LogP contribution is 1.98. The SMILES string of the molecule is CS(=O)(=O)CCOCCNc1ccccn1. The smallest absolute Gasteiger partial charge is 0.149 e. The van der Waals surface area contributed by atoms with Gasteiger partial charge in [0.25, 0.3) is 0 Å². The molecule has 0 aliphatic rings. The highest BCUT2D eigenvalue weighted by Gasteiger charge is 2.00. The molecule has 1 aromatic rings. The van der Waals surface area contributed by atoms with E-state index in [1.54, 1.807) is 6.20 Å². The zero-order valence-electron chi connectivity index (χ0n) is 9.22. The van der Waals surface area contributed by atoms with Crippen molar-refractivity contribution in [1.82, 2.24) is 4.98 Å². The zero-order chi connectivity index (χ0) is 11.9. The van der Waals surface area contributed by atoms with Crippen LogP contribution in [0.25, 0.3) is 0 Å². The minimum absolute atomic E-state index is 0.0661. The predicted molar refractivity (Wildman–Crippen MR) is 63.3 cm³/mol. The van der Waals surface area contributed by atoms with Crippen LogP contribution in [0.4, 0.5) is 5.82 Å². The van der Waals surface area contributed by atoms with E-state index >= 15 is 0 Å². The van der Waals surface area contributed by atoms with Gasteiger partial charge in [-0.3, -0.25) is 0 Å². The lowest BCUT2D eigenvalue weighted by Gasteiger charge is -2.05. The monoisotopic (exact) mass is 244 g/mol. The van der Waals surface area contributed by atoms with Crippen LogP contribution in [0.3, 0.4) is 0 Å². The lowest BCUT2D eigenvalue weighted by molar-refractivity contribution is 0.159. The van der Waals surface area contributed by atoms with Crippen molar-refractivity contribution in [3.63, 3.8) is 0 Å². The van der Waals surface area contributed by atoms with Crippen LogP contribution in [0.15, 0.2) is 24.4 Å². The molecule has 1 aromatic heterocycles. The van der Waals surface area contributed by atoms with E-state index in [0.717, 1.165) is 5.82 Å².